The van der Waals surface area contributed by atoms with Crippen LogP contribution in [0.4, 0.5) is 11.6 Å². The standard InChI is InChI=1S/C17H17N3O/c18-14-13-6-7-20-15(16(13)21-17(14)19)12-3-1-2-11(9-12)8-10-4-5-10/h1-3,6-7,9-10H,4-5,8,18-19H2. The van der Waals surface area contributed by atoms with Gasteiger partial charge in [-0.05, 0) is 42.9 Å². The SMILES string of the molecule is Nc1oc2c(-c3cccc(CC4CC4)c3)nccc2c1N. The molecule has 0 aliphatic heterocycles. The summed E-state index contributed by atoms with van der Waals surface area (Å²) in [7, 11) is 0. The van der Waals surface area contributed by atoms with Gasteiger partial charge in [-0.2, -0.15) is 0 Å². The van der Waals surface area contributed by atoms with Gasteiger partial charge in [-0.25, -0.2) is 0 Å². The topological polar surface area (TPSA) is 78.1 Å². The molecule has 3 aromatic rings. The van der Waals surface area contributed by atoms with Gasteiger partial charge in [0.15, 0.2) is 5.58 Å². The van der Waals surface area contributed by atoms with Crippen molar-refractivity contribution in [1.29, 1.82) is 0 Å². The molecule has 4 N–H and O–H groups in total. The molecule has 1 aliphatic rings. The van der Waals surface area contributed by atoms with E-state index < -0.39 is 0 Å². The van der Waals surface area contributed by atoms with Gasteiger partial charge in [0.1, 0.15) is 11.4 Å². The highest BCUT2D eigenvalue weighted by Gasteiger charge is 2.22. The first-order valence-electron chi connectivity index (χ1n) is 7.24. The molecule has 4 nitrogen and oxygen atoms in total. The zero-order valence-corrected chi connectivity index (χ0v) is 11.7. The number of nitrogen functional groups attached to an aromatic ring is 2. The van der Waals surface area contributed by atoms with Gasteiger partial charge in [-0.3, -0.25) is 4.98 Å². The van der Waals surface area contributed by atoms with Crippen molar-refractivity contribution in [3.63, 3.8) is 0 Å². The summed E-state index contributed by atoms with van der Waals surface area (Å²) in [6, 6.07) is 10.3. The maximum Gasteiger partial charge on any atom is 0.214 e. The molecule has 0 atom stereocenters. The van der Waals surface area contributed by atoms with Gasteiger partial charge in [0.25, 0.3) is 0 Å². The number of benzene rings is 1. The number of anilines is 2. The van der Waals surface area contributed by atoms with Gasteiger partial charge in [0.05, 0.1) is 0 Å². The van der Waals surface area contributed by atoms with Crippen LogP contribution in [0.2, 0.25) is 0 Å². The van der Waals surface area contributed by atoms with Crippen LogP contribution >= 0.6 is 0 Å². The van der Waals surface area contributed by atoms with E-state index in [1.165, 1.54) is 18.4 Å². The van der Waals surface area contributed by atoms with Crippen molar-refractivity contribution >= 4 is 22.5 Å². The van der Waals surface area contributed by atoms with Crippen molar-refractivity contribution in [2.45, 2.75) is 19.3 Å². The average Bonchev–Trinajstić information content (AvgIpc) is 3.25. The van der Waals surface area contributed by atoms with Crippen LogP contribution in [0.15, 0.2) is 40.9 Å². The van der Waals surface area contributed by atoms with Gasteiger partial charge in [-0.15, -0.1) is 0 Å². The van der Waals surface area contributed by atoms with Crippen LogP contribution in [0.5, 0.6) is 0 Å². The highest BCUT2D eigenvalue weighted by Crippen LogP contribution is 2.37. The van der Waals surface area contributed by atoms with E-state index in [2.05, 4.69) is 23.2 Å². The fourth-order valence-corrected chi connectivity index (χ4v) is 2.77. The van der Waals surface area contributed by atoms with Gasteiger partial charge in [0, 0.05) is 17.1 Å². The summed E-state index contributed by atoms with van der Waals surface area (Å²) < 4.78 is 5.61. The highest BCUT2D eigenvalue weighted by atomic mass is 16.3. The van der Waals surface area contributed by atoms with Gasteiger partial charge >= 0.3 is 0 Å². The number of nitrogens with zero attached hydrogens (tertiary/aromatic N) is 1. The average molecular weight is 279 g/mol. The maximum absolute atomic E-state index is 5.94. The molecule has 21 heavy (non-hydrogen) atoms. The first-order chi connectivity index (χ1) is 10.2. The minimum atomic E-state index is 0.258. The van der Waals surface area contributed by atoms with Crippen molar-refractivity contribution in [2.75, 3.05) is 11.5 Å². The zero-order valence-electron chi connectivity index (χ0n) is 11.7. The smallest absolute Gasteiger partial charge is 0.214 e. The second kappa shape index (κ2) is 4.52. The summed E-state index contributed by atoms with van der Waals surface area (Å²) in [5.41, 5.74) is 16.1. The number of hydrogen-bond donors (Lipinski definition) is 2. The Hall–Kier alpha value is -2.49. The van der Waals surface area contributed by atoms with Crippen LogP contribution in [0, 0.1) is 5.92 Å². The van der Waals surface area contributed by atoms with Crippen molar-refractivity contribution in [3.05, 3.63) is 42.1 Å². The van der Waals surface area contributed by atoms with Gasteiger partial charge < -0.3 is 15.9 Å². The molecular formula is C17H17N3O. The van der Waals surface area contributed by atoms with Crippen LogP contribution in [0.25, 0.3) is 22.2 Å². The lowest BCUT2D eigenvalue weighted by molar-refractivity contribution is 0.638. The Morgan fingerprint density at radius 3 is 2.86 bits per heavy atom. The summed E-state index contributed by atoms with van der Waals surface area (Å²) in [6.45, 7) is 0. The molecule has 0 spiro atoms. The molecule has 0 unspecified atom stereocenters. The third-order valence-electron chi connectivity index (χ3n) is 4.09. The van der Waals surface area contributed by atoms with Crippen LogP contribution in [-0.2, 0) is 6.42 Å². The number of furan rings is 1. The fourth-order valence-electron chi connectivity index (χ4n) is 2.77. The number of pyridine rings is 1. The molecule has 2 aromatic heterocycles. The Labute approximate surface area is 122 Å². The maximum atomic E-state index is 5.94. The van der Waals surface area contributed by atoms with E-state index in [9.17, 15) is 0 Å². The molecule has 1 saturated carbocycles. The monoisotopic (exact) mass is 279 g/mol. The van der Waals surface area contributed by atoms with E-state index in [4.69, 9.17) is 15.9 Å². The lowest BCUT2D eigenvalue weighted by Crippen LogP contribution is -1.90. The van der Waals surface area contributed by atoms with Crippen molar-refractivity contribution in [1.82, 2.24) is 4.98 Å². The molecular weight excluding hydrogens is 262 g/mol. The van der Waals surface area contributed by atoms with E-state index in [1.54, 1.807) is 6.20 Å². The number of fused-ring (bicyclic) bond motifs is 1. The van der Waals surface area contributed by atoms with E-state index in [1.807, 2.05) is 12.1 Å². The fraction of sp³-hybridized carbons (Fsp3) is 0.235. The van der Waals surface area contributed by atoms with Gasteiger partial charge in [-0.1, -0.05) is 18.2 Å². The predicted molar refractivity (Wildman–Crippen MR) is 84.7 cm³/mol. The first kappa shape index (κ1) is 12.3. The quantitative estimate of drug-likeness (QED) is 0.767. The molecule has 0 saturated heterocycles. The molecule has 0 bridgehead atoms. The second-order valence-electron chi connectivity index (χ2n) is 5.76. The molecule has 1 aromatic carbocycles. The Morgan fingerprint density at radius 1 is 1.19 bits per heavy atom. The first-order valence-corrected chi connectivity index (χ1v) is 7.24. The molecule has 0 amide bonds. The van der Waals surface area contributed by atoms with Gasteiger partial charge in [0.2, 0.25) is 5.88 Å². The lowest BCUT2D eigenvalue weighted by atomic mass is 10.0. The predicted octanol–water partition coefficient (Wildman–Crippen LogP) is 3.61. The summed E-state index contributed by atoms with van der Waals surface area (Å²) in [6.07, 6.45) is 5.59. The van der Waals surface area contributed by atoms with Crippen LogP contribution in [-0.4, -0.2) is 4.98 Å². The van der Waals surface area contributed by atoms with Crippen molar-refractivity contribution in [3.8, 4) is 11.3 Å². The van der Waals surface area contributed by atoms with Crippen molar-refractivity contribution < 1.29 is 4.42 Å². The minimum absolute atomic E-state index is 0.258. The Kier molecular flexibility index (Phi) is 2.64. The van der Waals surface area contributed by atoms with Crippen molar-refractivity contribution in [2.24, 2.45) is 5.92 Å². The molecule has 0 radical (unpaired) electrons. The largest absolute Gasteiger partial charge is 0.436 e. The summed E-state index contributed by atoms with van der Waals surface area (Å²) in [4.78, 5) is 4.46. The molecule has 4 rings (SSSR count). The number of rotatable bonds is 3. The van der Waals surface area contributed by atoms with Crippen LogP contribution < -0.4 is 11.5 Å². The van der Waals surface area contributed by atoms with E-state index in [-0.39, 0.29) is 5.88 Å². The van der Waals surface area contributed by atoms with E-state index in [0.717, 1.165) is 29.0 Å². The Bertz CT molecular complexity index is 818. The number of nitrogens with two attached hydrogens (primary N) is 2. The molecule has 106 valence electrons. The van der Waals surface area contributed by atoms with E-state index in [0.29, 0.717) is 11.3 Å². The number of aromatic nitrogens is 1. The van der Waals surface area contributed by atoms with E-state index >= 15 is 0 Å². The van der Waals surface area contributed by atoms with Crippen LogP contribution in [0.3, 0.4) is 0 Å². The molecule has 1 fully saturated rings. The normalized spacial score (nSPS) is 14.7. The number of hydrogen-bond acceptors (Lipinski definition) is 4. The molecule has 4 heteroatoms. The minimum Gasteiger partial charge on any atom is -0.436 e. The summed E-state index contributed by atoms with van der Waals surface area (Å²) in [5.74, 6) is 1.12. The lowest BCUT2D eigenvalue weighted by Gasteiger charge is -2.05. The third-order valence-corrected chi connectivity index (χ3v) is 4.09. The highest BCUT2D eigenvalue weighted by molar-refractivity contribution is 6.01. The second-order valence-corrected chi connectivity index (χ2v) is 5.76. The van der Waals surface area contributed by atoms with Crippen LogP contribution in [0.1, 0.15) is 18.4 Å². The Morgan fingerprint density at radius 2 is 2.05 bits per heavy atom. The molecule has 2 heterocycles. The summed E-state index contributed by atoms with van der Waals surface area (Å²) >= 11 is 0. The zero-order chi connectivity index (χ0) is 14.4. The molecule has 1 aliphatic carbocycles. The summed E-state index contributed by atoms with van der Waals surface area (Å²) in [5, 5.41) is 0.824. The Balaban J connectivity index is 1.83. The third kappa shape index (κ3) is 2.13.